The molecule has 0 fully saturated rings. The van der Waals surface area contributed by atoms with Crippen molar-refractivity contribution in [2.24, 2.45) is 0 Å². The number of carbonyl (C=O) groups excluding carboxylic acids is 2. The molecule has 0 atom stereocenters. The van der Waals surface area contributed by atoms with Crippen molar-refractivity contribution < 1.29 is 9.59 Å². The Labute approximate surface area is 105 Å². The van der Waals surface area contributed by atoms with Gasteiger partial charge in [0.25, 0.3) is 0 Å². The molecule has 0 aliphatic carbocycles. The molecule has 0 unspecified atom stereocenters. The molecule has 18 heavy (non-hydrogen) atoms. The second kappa shape index (κ2) is 4.84. The summed E-state index contributed by atoms with van der Waals surface area (Å²) >= 11 is 0. The first-order valence-corrected chi connectivity index (χ1v) is 5.60. The average molecular weight is 239 g/mol. The van der Waals surface area contributed by atoms with Gasteiger partial charge in [0.2, 0.25) is 0 Å². The van der Waals surface area contributed by atoms with E-state index in [1.54, 1.807) is 42.5 Å². The number of nitrogens with two attached hydrogens (primary N) is 1. The fraction of sp³-hybridized carbons (Fsp3) is 0.0667. The topological polar surface area (TPSA) is 60.2 Å². The van der Waals surface area contributed by atoms with E-state index in [1.165, 1.54) is 6.92 Å². The van der Waals surface area contributed by atoms with Crippen molar-refractivity contribution in [3.05, 3.63) is 65.2 Å². The van der Waals surface area contributed by atoms with Gasteiger partial charge in [0.05, 0.1) is 5.69 Å². The second-order valence-electron chi connectivity index (χ2n) is 4.02. The van der Waals surface area contributed by atoms with E-state index in [1.807, 2.05) is 6.07 Å². The Morgan fingerprint density at radius 2 is 1.50 bits per heavy atom. The van der Waals surface area contributed by atoms with Crippen LogP contribution in [0, 0.1) is 0 Å². The second-order valence-corrected chi connectivity index (χ2v) is 4.02. The Kier molecular flexibility index (Phi) is 3.24. The SMILES string of the molecule is CC(=O)c1cccc(C(=O)c2ccccc2)c1N. The number of anilines is 1. The van der Waals surface area contributed by atoms with Gasteiger partial charge in [0.1, 0.15) is 0 Å². The zero-order valence-corrected chi connectivity index (χ0v) is 10.0. The summed E-state index contributed by atoms with van der Waals surface area (Å²) in [5.41, 5.74) is 7.45. The van der Waals surface area contributed by atoms with E-state index in [2.05, 4.69) is 0 Å². The summed E-state index contributed by atoms with van der Waals surface area (Å²) in [5.74, 6) is -0.314. The molecule has 3 nitrogen and oxygen atoms in total. The predicted molar refractivity (Wildman–Crippen MR) is 70.7 cm³/mol. The Balaban J connectivity index is 2.50. The summed E-state index contributed by atoms with van der Waals surface area (Å²) in [4.78, 5) is 23.6. The van der Waals surface area contributed by atoms with Gasteiger partial charge in [-0.15, -0.1) is 0 Å². The van der Waals surface area contributed by atoms with Crippen LogP contribution in [0.15, 0.2) is 48.5 Å². The van der Waals surface area contributed by atoms with Gasteiger partial charge in [-0.25, -0.2) is 0 Å². The summed E-state index contributed by atoms with van der Waals surface area (Å²) in [6, 6.07) is 13.8. The lowest BCUT2D eigenvalue weighted by Gasteiger charge is -2.08. The van der Waals surface area contributed by atoms with Crippen LogP contribution in [-0.4, -0.2) is 11.6 Å². The zero-order chi connectivity index (χ0) is 13.1. The summed E-state index contributed by atoms with van der Waals surface area (Å²) < 4.78 is 0. The van der Waals surface area contributed by atoms with Gasteiger partial charge in [0.15, 0.2) is 11.6 Å². The van der Waals surface area contributed by atoms with Gasteiger partial charge in [0, 0.05) is 16.7 Å². The first kappa shape index (κ1) is 12.0. The van der Waals surface area contributed by atoms with E-state index in [-0.39, 0.29) is 17.3 Å². The van der Waals surface area contributed by atoms with Crippen LogP contribution in [0.2, 0.25) is 0 Å². The summed E-state index contributed by atoms with van der Waals surface area (Å²) in [6.45, 7) is 1.43. The zero-order valence-electron chi connectivity index (χ0n) is 10.0. The van der Waals surface area contributed by atoms with Gasteiger partial charge in [-0.1, -0.05) is 36.4 Å². The van der Waals surface area contributed by atoms with Gasteiger partial charge in [-0.3, -0.25) is 9.59 Å². The van der Waals surface area contributed by atoms with E-state index in [0.717, 1.165) is 0 Å². The minimum absolute atomic E-state index is 0.143. The molecule has 0 amide bonds. The minimum Gasteiger partial charge on any atom is -0.398 e. The molecule has 3 heteroatoms. The Hall–Kier alpha value is -2.42. The number of hydrogen-bond acceptors (Lipinski definition) is 3. The first-order chi connectivity index (χ1) is 8.61. The quantitative estimate of drug-likeness (QED) is 0.661. The molecule has 0 bridgehead atoms. The van der Waals surface area contributed by atoms with Crippen molar-refractivity contribution in [3.8, 4) is 0 Å². The van der Waals surface area contributed by atoms with E-state index in [0.29, 0.717) is 16.7 Å². The van der Waals surface area contributed by atoms with Crippen molar-refractivity contribution in [1.82, 2.24) is 0 Å². The molecule has 0 saturated carbocycles. The van der Waals surface area contributed by atoms with Gasteiger partial charge in [-0.05, 0) is 19.1 Å². The van der Waals surface area contributed by atoms with E-state index in [9.17, 15) is 9.59 Å². The molecule has 0 aliphatic rings. The van der Waals surface area contributed by atoms with Crippen LogP contribution in [0.3, 0.4) is 0 Å². The minimum atomic E-state index is -0.170. The van der Waals surface area contributed by atoms with Crippen molar-refractivity contribution in [2.75, 3.05) is 5.73 Å². The van der Waals surface area contributed by atoms with Crippen LogP contribution >= 0.6 is 0 Å². The first-order valence-electron chi connectivity index (χ1n) is 5.60. The summed E-state index contributed by atoms with van der Waals surface area (Å²) in [5, 5.41) is 0. The van der Waals surface area contributed by atoms with Crippen LogP contribution in [0.5, 0.6) is 0 Å². The number of hydrogen-bond donors (Lipinski definition) is 1. The van der Waals surface area contributed by atoms with Crippen molar-refractivity contribution in [3.63, 3.8) is 0 Å². The summed E-state index contributed by atoms with van der Waals surface area (Å²) in [7, 11) is 0. The highest BCUT2D eigenvalue weighted by molar-refractivity contribution is 6.14. The predicted octanol–water partition coefficient (Wildman–Crippen LogP) is 2.70. The van der Waals surface area contributed by atoms with E-state index in [4.69, 9.17) is 5.73 Å². The molecule has 0 aromatic heterocycles. The third-order valence-electron chi connectivity index (χ3n) is 2.77. The number of carbonyl (C=O) groups is 2. The monoisotopic (exact) mass is 239 g/mol. The van der Waals surface area contributed by atoms with Crippen LogP contribution in [0.1, 0.15) is 33.2 Å². The lowest BCUT2D eigenvalue weighted by atomic mass is 9.98. The summed E-state index contributed by atoms with van der Waals surface area (Å²) in [6.07, 6.45) is 0. The number of Topliss-reactive ketones (excluding diaryl/α,β-unsaturated/α-hetero) is 1. The van der Waals surface area contributed by atoms with Gasteiger partial charge in [-0.2, -0.15) is 0 Å². The number of ketones is 2. The van der Waals surface area contributed by atoms with Crippen LogP contribution in [0.4, 0.5) is 5.69 Å². The Bertz CT molecular complexity index is 603. The lowest BCUT2D eigenvalue weighted by molar-refractivity contribution is 0.101. The Morgan fingerprint density at radius 3 is 2.11 bits per heavy atom. The average Bonchev–Trinajstić information content (AvgIpc) is 2.39. The number of nitrogen functional groups attached to an aromatic ring is 1. The maximum Gasteiger partial charge on any atom is 0.195 e. The largest absolute Gasteiger partial charge is 0.398 e. The molecule has 0 heterocycles. The molecule has 0 radical (unpaired) electrons. The smallest absolute Gasteiger partial charge is 0.195 e. The van der Waals surface area contributed by atoms with Crippen molar-refractivity contribution >= 4 is 17.3 Å². The van der Waals surface area contributed by atoms with E-state index < -0.39 is 0 Å². The molecule has 2 N–H and O–H groups in total. The molecule has 90 valence electrons. The van der Waals surface area contributed by atoms with E-state index >= 15 is 0 Å². The van der Waals surface area contributed by atoms with Crippen LogP contribution in [-0.2, 0) is 0 Å². The standard InChI is InChI=1S/C15H13NO2/c1-10(17)12-8-5-9-13(14(12)16)15(18)11-6-3-2-4-7-11/h2-9H,16H2,1H3. The van der Waals surface area contributed by atoms with Crippen molar-refractivity contribution in [1.29, 1.82) is 0 Å². The molecular formula is C15H13NO2. The fourth-order valence-corrected chi connectivity index (χ4v) is 1.82. The third-order valence-corrected chi connectivity index (χ3v) is 2.77. The third kappa shape index (κ3) is 2.15. The number of para-hydroxylation sites is 1. The van der Waals surface area contributed by atoms with Gasteiger partial charge < -0.3 is 5.73 Å². The normalized spacial score (nSPS) is 10.1. The maximum atomic E-state index is 12.3. The highest BCUT2D eigenvalue weighted by atomic mass is 16.1. The molecule has 0 saturated heterocycles. The number of rotatable bonds is 3. The Morgan fingerprint density at radius 1 is 0.889 bits per heavy atom. The molecule has 2 rings (SSSR count). The molecular weight excluding hydrogens is 226 g/mol. The van der Waals surface area contributed by atoms with Crippen LogP contribution in [0.25, 0.3) is 0 Å². The molecule has 2 aromatic carbocycles. The molecule has 2 aromatic rings. The lowest BCUT2D eigenvalue weighted by Crippen LogP contribution is -2.09. The fourth-order valence-electron chi connectivity index (χ4n) is 1.82. The van der Waals surface area contributed by atoms with Crippen LogP contribution < -0.4 is 5.73 Å². The number of benzene rings is 2. The molecule has 0 aliphatic heterocycles. The maximum absolute atomic E-state index is 12.3. The van der Waals surface area contributed by atoms with Gasteiger partial charge >= 0.3 is 0 Å². The van der Waals surface area contributed by atoms with Crippen molar-refractivity contribution in [2.45, 2.75) is 6.92 Å². The highest BCUT2D eigenvalue weighted by Crippen LogP contribution is 2.21. The molecule has 0 spiro atoms. The highest BCUT2D eigenvalue weighted by Gasteiger charge is 2.15.